The Morgan fingerprint density at radius 3 is 2.48 bits per heavy atom. The van der Waals surface area contributed by atoms with E-state index in [4.69, 9.17) is 14.2 Å². The van der Waals surface area contributed by atoms with Crippen molar-refractivity contribution in [2.45, 2.75) is 26.7 Å². The molecule has 1 aliphatic rings. The predicted octanol–water partition coefficient (Wildman–Crippen LogP) is 4.11. The molecule has 0 N–H and O–H groups in total. The number of benzene rings is 2. The van der Waals surface area contributed by atoms with E-state index in [-0.39, 0.29) is 0 Å². The lowest BCUT2D eigenvalue weighted by atomic mass is 9.98. The summed E-state index contributed by atoms with van der Waals surface area (Å²) in [6.07, 6.45) is 0. The molecule has 0 saturated heterocycles. The number of hydrogen-bond donors (Lipinski definition) is 0. The standard InChI is InChI=1S/C19H20O4/c1-12(2)16-6-5-15(10-13(16)3)23-19(20)14-4-7-17-18(11-14)22-9-8-21-17/h4-7,10-12H,8-9H2,1-3H3. The number of aryl methyl sites for hydroxylation is 1. The van der Waals surface area contributed by atoms with Gasteiger partial charge in [-0.05, 0) is 54.3 Å². The topological polar surface area (TPSA) is 44.8 Å². The van der Waals surface area contributed by atoms with Crippen LogP contribution < -0.4 is 14.2 Å². The fourth-order valence-electron chi connectivity index (χ4n) is 2.70. The quantitative estimate of drug-likeness (QED) is 0.632. The van der Waals surface area contributed by atoms with E-state index in [1.165, 1.54) is 5.56 Å². The van der Waals surface area contributed by atoms with Crippen LogP contribution in [0.2, 0.25) is 0 Å². The Bertz CT molecular complexity index is 734. The zero-order valence-electron chi connectivity index (χ0n) is 13.6. The molecule has 0 aliphatic carbocycles. The van der Waals surface area contributed by atoms with Gasteiger partial charge >= 0.3 is 5.97 Å². The number of carbonyl (C=O) groups excluding carboxylic acids is 1. The largest absolute Gasteiger partial charge is 0.486 e. The molecule has 0 bridgehead atoms. The van der Waals surface area contributed by atoms with Crippen LogP contribution in [0.1, 0.15) is 41.3 Å². The Labute approximate surface area is 136 Å². The minimum Gasteiger partial charge on any atom is -0.486 e. The van der Waals surface area contributed by atoms with Gasteiger partial charge in [0, 0.05) is 0 Å². The summed E-state index contributed by atoms with van der Waals surface area (Å²) in [6, 6.07) is 10.8. The zero-order valence-corrected chi connectivity index (χ0v) is 13.6. The average Bonchev–Trinajstić information content (AvgIpc) is 2.54. The van der Waals surface area contributed by atoms with Crippen molar-refractivity contribution in [1.29, 1.82) is 0 Å². The first-order chi connectivity index (χ1) is 11.0. The smallest absolute Gasteiger partial charge is 0.343 e. The van der Waals surface area contributed by atoms with Gasteiger partial charge in [-0.1, -0.05) is 19.9 Å². The van der Waals surface area contributed by atoms with Crippen LogP contribution in [-0.4, -0.2) is 19.2 Å². The van der Waals surface area contributed by atoms with Gasteiger partial charge < -0.3 is 14.2 Å². The summed E-state index contributed by atoms with van der Waals surface area (Å²) in [6.45, 7) is 7.32. The van der Waals surface area contributed by atoms with Crippen molar-refractivity contribution >= 4 is 5.97 Å². The van der Waals surface area contributed by atoms with Crippen LogP contribution in [0.5, 0.6) is 17.2 Å². The maximum atomic E-state index is 12.3. The number of fused-ring (bicyclic) bond motifs is 1. The Morgan fingerprint density at radius 1 is 1.04 bits per heavy atom. The van der Waals surface area contributed by atoms with Crippen LogP contribution in [-0.2, 0) is 0 Å². The molecule has 4 heteroatoms. The van der Waals surface area contributed by atoms with Crippen LogP contribution in [0.15, 0.2) is 36.4 Å². The van der Waals surface area contributed by atoms with Crippen molar-refractivity contribution in [1.82, 2.24) is 0 Å². The first kappa shape index (κ1) is 15.4. The highest BCUT2D eigenvalue weighted by Crippen LogP contribution is 2.31. The summed E-state index contributed by atoms with van der Waals surface area (Å²) in [7, 11) is 0. The lowest BCUT2D eigenvalue weighted by Gasteiger charge is -2.18. The summed E-state index contributed by atoms with van der Waals surface area (Å²) < 4.78 is 16.4. The summed E-state index contributed by atoms with van der Waals surface area (Å²) in [5.41, 5.74) is 2.82. The maximum absolute atomic E-state index is 12.3. The Morgan fingerprint density at radius 2 is 1.78 bits per heavy atom. The molecule has 0 radical (unpaired) electrons. The second kappa shape index (κ2) is 6.32. The average molecular weight is 312 g/mol. The van der Waals surface area contributed by atoms with Crippen LogP contribution in [0.4, 0.5) is 0 Å². The Hall–Kier alpha value is -2.49. The van der Waals surface area contributed by atoms with Gasteiger partial charge in [-0.15, -0.1) is 0 Å². The normalized spacial score (nSPS) is 13.0. The third kappa shape index (κ3) is 3.31. The second-order valence-electron chi connectivity index (χ2n) is 5.92. The molecule has 0 unspecified atom stereocenters. The summed E-state index contributed by atoms with van der Waals surface area (Å²) in [4.78, 5) is 12.3. The van der Waals surface area contributed by atoms with Crippen molar-refractivity contribution < 1.29 is 19.0 Å². The molecule has 2 aromatic rings. The van der Waals surface area contributed by atoms with Crippen LogP contribution in [0.3, 0.4) is 0 Å². The van der Waals surface area contributed by atoms with Crippen molar-refractivity contribution in [2.75, 3.05) is 13.2 Å². The number of carbonyl (C=O) groups is 1. The monoisotopic (exact) mass is 312 g/mol. The van der Waals surface area contributed by atoms with Crippen molar-refractivity contribution in [3.63, 3.8) is 0 Å². The van der Waals surface area contributed by atoms with E-state index in [9.17, 15) is 4.79 Å². The second-order valence-corrected chi connectivity index (χ2v) is 5.92. The lowest BCUT2D eigenvalue weighted by molar-refractivity contribution is 0.0733. The minimum atomic E-state index is -0.404. The van der Waals surface area contributed by atoms with Gasteiger partial charge in [-0.3, -0.25) is 0 Å². The molecule has 0 saturated carbocycles. The van der Waals surface area contributed by atoms with E-state index in [1.54, 1.807) is 18.2 Å². The van der Waals surface area contributed by atoms with E-state index >= 15 is 0 Å². The summed E-state index contributed by atoms with van der Waals surface area (Å²) in [5.74, 6) is 1.82. The molecule has 2 aromatic carbocycles. The van der Waals surface area contributed by atoms with Gasteiger partial charge in [-0.2, -0.15) is 0 Å². The van der Waals surface area contributed by atoms with E-state index in [0.29, 0.717) is 41.9 Å². The molecule has 0 amide bonds. The molecule has 0 fully saturated rings. The van der Waals surface area contributed by atoms with Crippen molar-refractivity contribution in [3.05, 3.63) is 53.1 Å². The SMILES string of the molecule is Cc1cc(OC(=O)c2ccc3c(c2)OCCO3)ccc1C(C)C. The molecule has 4 nitrogen and oxygen atoms in total. The summed E-state index contributed by atoms with van der Waals surface area (Å²) in [5, 5.41) is 0. The fourth-order valence-corrected chi connectivity index (χ4v) is 2.70. The molecule has 0 aromatic heterocycles. The van der Waals surface area contributed by atoms with Crippen LogP contribution >= 0.6 is 0 Å². The highest BCUT2D eigenvalue weighted by Gasteiger charge is 2.16. The number of rotatable bonds is 3. The molecule has 120 valence electrons. The van der Waals surface area contributed by atoms with Crippen molar-refractivity contribution in [3.8, 4) is 17.2 Å². The zero-order chi connectivity index (χ0) is 16.4. The lowest BCUT2D eigenvalue weighted by Crippen LogP contribution is -2.16. The van der Waals surface area contributed by atoms with Gasteiger partial charge in [0.05, 0.1) is 5.56 Å². The predicted molar refractivity (Wildman–Crippen MR) is 87.7 cm³/mol. The van der Waals surface area contributed by atoms with Gasteiger partial charge in [0.15, 0.2) is 11.5 Å². The first-order valence-corrected chi connectivity index (χ1v) is 7.77. The van der Waals surface area contributed by atoms with Gasteiger partial charge in [0.25, 0.3) is 0 Å². The van der Waals surface area contributed by atoms with E-state index in [0.717, 1.165) is 5.56 Å². The Kier molecular flexibility index (Phi) is 4.24. The van der Waals surface area contributed by atoms with E-state index < -0.39 is 5.97 Å². The Balaban J connectivity index is 1.78. The van der Waals surface area contributed by atoms with Gasteiger partial charge in [0.1, 0.15) is 19.0 Å². The molecule has 0 spiro atoms. The van der Waals surface area contributed by atoms with Crippen molar-refractivity contribution in [2.24, 2.45) is 0 Å². The molecule has 1 aliphatic heterocycles. The number of hydrogen-bond acceptors (Lipinski definition) is 4. The first-order valence-electron chi connectivity index (χ1n) is 7.77. The molecule has 0 atom stereocenters. The van der Waals surface area contributed by atoms with Crippen LogP contribution in [0, 0.1) is 6.92 Å². The van der Waals surface area contributed by atoms with Crippen LogP contribution in [0.25, 0.3) is 0 Å². The molecular weight excluding hydrogens is 292 g/mol. The third-order valence-electron chi connectivity index (χ3n) is 3.85. The highest BCUT2D eigenvalue weighted by atomic mass is 16.6. The number of esters is 1. The van der Waals surface area contributed by atoms with Gasteiger partial charge in [0.2, 0.25) is 0 Å². The van der Waals surface area contributed by atoms with E-state index in [1.807, 2.05) is 25.1 Å². The molecule has 23 heavy (non-hydrogen) atoms. The fraction of sp³-hybridized carbons (Fsp3) is 0.316. The summed E-state index contributed by atoms with van der Waals surface area (Å²) >= 11 is 0. The molecule has 1 heterocycles. The molecular formula is C19H20O4. The third-order valence-corrected chi connectivity index (χ3v) is 3.85. The number of ether oxygens (including phenoxy) is 3. The molecule has 3 rings (SSSR count). The van der Waals surface area contributed by atoms with Gasteiger partial charge in [-0.25, -0.2) is 4.79 Å². The van der Waals surface area contributed by atoms with E-state index in [2.05, 4.69) is 13.8 Å². The maximum Gasteiger partial charge on any atom is 0.343 e. The minimum absolute atomic E-state index is 0.404. The highest BCUT2D eigenvalue weighted by molar-refractivity contribution is 5.91.